The van der Waals surface area contributed by atoms with Gasteiger partial charge in [-0.05, 0) is 22.5 Å². The molecular weight excluding hydrogens is 268 g/mol. The van der Waals surface area contributed by atoms with E-state index in [9.17, 15) is 4.79 Å². The fourth-order valence-electron chi connectivity index (χ4n) is 4.64. The van der Waals surface area contributed by atoms with Crippen molar-refractivity contribution < 1.29 is 4.79 Å². The molecule has 0 heterocycles. The average molecular weight is 292 g/mol. The number of fused-ring (bicyclic) bond motifs is 2. The van der Waals surface area contributed by atoms with E-state index in [0.29, 0.717) is 5.92 Å². The van der Waals surface area contributed by atoms with Gasteiger partial charge in [-0.1, -0.05) is 83.1 Å². The summed E-state index contributed by atoms with van der Waals surface area (Å²) in [7, 11) is 0. The highest BCUT2D eigenvalue weighted by atomic mass is 16.1. The van der Waals surface area contributed by atoms with Crippen molar-refractivity contribution >= 4 is 5.78 Å². The first-order valence-corrected chi connectivity index (χ1v) is 8.05. The largest absolute Gasteiger partial charge is 0.289 e. The minimum absolute atomic E-state index is 0.00801. The zero-order valence-electron chi connectivity index (χ0n) is 14.1. The van der Waals surface area contributed by atoms with Crippen LogP contribution < -0.4 is 0 Å². The Morgan fingerprint density at radius 1 is 0.818 bits per heavy atom. The van der Waals surface area contributed by atoms with E-state index in [-0.39, 0.29) is 16.6 Å². The lowest BCUT2D eigenvalue weighted by Crippen LogP contribution is -2.49. The van der Waals surface area contributed by atoms with Gasteiger partial charge in [0.1, 0.15) is 0 Å². The molecule has 2 aromatic rings. The Labute approximate surface area is 133 Å². The fraction of sp³-hybridized carbons (Fsp3) is 0.381. The van der Waals surface area contributed by atoms with Crippen LogP contribution in [-0.2, 0) is 5.41 Å². The summed E-state index contributed by atoms with van der Waals surface area (Å²) in [6.45, 7) is 11.4. The van der Waals surface area contributed by atoms with Crippen molar-refractivity contribution in [3.8, 4) is 0 Å². The van der Waals surface area contributed by atoms with Crippen LogP contribution in [0.2, 0.25) is 0 Å². The van der Waals surface area contributed by atoms with Gasteiger partial charge < -0.3 is 0 Å². The third-order valence-electron chi connectivity index (χ3n) is 5.24. The van der Waals surface area contributed by atoms with E-state index in [1.54, 1.807) is 0 Å². The van der Waals surface area contributed by atoms with Crippen molar-refractivity contribution in [1.29, 1.82) is 0 Å². The normalized spacial score (nSPS) is 16.4. The van der Waals surface area contributed by atoms with Crippen LogP contribution in [0.5, 0.6) is 0 Å². The molecule has 114 valence electrons. The van der Waals surface area contributed by atoms with Gasteiger partial charge in [0.25, 0.3) is 0 Å². The number of carbonyl (C=O) groups excluding carboxylic acids is 1. The lowest BCUT2D eigenvalue weighted by Gasteiger charge is -2.52. The number of benzene rings is 2. The maximum atomic E-state index is 12.9. The molecule has 22 heavy (non-hydrogen) atoms. The number of hydrogen-bond donors (Lipinski definition) is 0. The highest BCUT2D eigenvalue weighted by Crippen LogP contribution is 2.56. The van der Waals surface area contributed by atoms with Crippen molar-refractivity contribution in [3.05, 3.63) is 70.8 Å². The zero-order chi connectivity index (χ0) is 16.1. The first-order chi connectivity index (χ1) is 10.3. The molecule has 0 bridgehead atoms. The summed E-state index contributed by atoms with van der Waals surface area (Å²) in [5, 5.41) is 0. The molecule has 0 amide bonds. The number of rotatable bonds is 1. The molecule has 1 aliphatic carbocycles. The van der Waals surface area contributed by atoms with Gasteiger partial charge >= 0.3 is 0 Å². The van der Waals surface area contributed by atoms with E-state index in [0.717, 1.165) is 11.1 Å². The molecule has 0 N–H and O–H groups in total. The predicted molar refractivity (Wildman–Crippen MR) is 91.4 cm³/mol. The van der Waals surface area contributed by atoms with Gasteiger partial charge in [0.05, 0.1) is 0 Å². The Balaban J connectivity index is 2.50. The standard InChI is InChI=1S/C21H24O/c1-14(2)21(20(3,4)5)17-12-8-6-10-15(17)19(22)16-11-7-9-13-18(16)21/h6-14H,1-5H3. The first kappa shape index (κ1) is 15.0. The molecule has 0 saturated heterocycles. The van der Waals surface area contributed by atoms with Gasteiger partial charge in [-0.2, -0.15) is 0 Å². The minimum atomic E-state index is -0.159. The highest BCUT2D eigenvalue weighted by Gasteiger charge is 2.52. The first-order valence-electron chi connectivity index (χ1n) is 8.05. The molecule has 1 heteroatoms. The number of hydrogen-bond acceptors (Lipinski definition) is 1. The summed E-state index contributed by atoms with van der Waals surface area (Å²) >= 11 is 0. The van der Waals surface area contributed by atoms with Crippen molar-refractivity contribution in [2.24, 2.45) is 11.3 Å². The Hall–Kier alpha value is -1.89. The lowest BCUT2D eigenvalue weighted by atomic mass is 9.50. The van der Waals surface area contributed by atoms with Crippen LogP contribution in [0.25, 0.3) is 0 Å². The summed E-state index contributed by atoms with van der Waals surface area (Å²) in [5.74, 6) is 0.551. The zero-order valence-corrected chi connectivity index (χ0v) is 14.1. The van der Waals surface area contributed by atoms with E-state index in [1.807, 2.05) is 24.3 Å². The van der Waals surface area contributed by atoms with Crippen LogP contribution in [-0.4, -0.2) is 5.78 Å². The lowest BCUT2D eigenvalue weighted by molar-refractivity contribution is 0.0999. The summed E-state index contributed by atoms with van der Waals surface area (Å²) < 4.78 is 0. The molecule has 0 aromatic heterocycles. The van der Waals surface area contributed by atoms with Gasteiger partial charge in [-0.3, -0.25) is 4.79 Å². The van der Waals surface area contributed by atoms with Crippen LogP contribution in [0.3, 0.4) is 0 Å². The van der Waals surface area contributed by atoms with Crippen molar-refractivity contribution in [2.45, 2.75) is 40.0 Å². The molecule has 0 unspecified atom stereocenters. The summed E-state index contributed by atoms with van der Waals surface area (Å²) in [4.78, 5) is 12.9. The van der Waals surface area contributed by atoms with E-state index in [2.05, 4.69) is 58.9 Å². The molecule has 0 fully saturated rings. The van der Waals surface area contributed by atoms with Crippen molar-refractivity contribution in [3.63, 3.8) is 0 Å². The number of carbonyl (C=O) groups is 1. The van der Waals surface area contributed by atoms with Gasteiger partial charge in [-0.25, -0.2) is 0 Å². The van der Waals surface area contributed by atoms with Crippen LogP contribution >= 0.6 is 0 Å². The number of ketones is 1. The summed E-state index contributed by atoms with van der Waals surface area (Å²) in [6.07, 6.45) is 0. The minimum Gasteiger partial charge on any atom is -0.289 e. The molecule has 2 aromatic carbocycles. The van der Waals surface area contributed by atoms with E-state index in [4.69, 9.17) is 0 Å². The molecule has 0 aliphatic heterocycles. The maximum absolute atomic E-state index is 12.9. The van der Waals surface area contributed by atoms with Gasteiger partial charge in [-0.15, -0.1) is 0 Å². The van der Waals surface area contributed by atoms with Crippen LogP contribution in [0.15, 0.2) is 48.5 Å². The average Bonchev–Trinajstić information content (AvgIpc) is 2.46. The Morgan fingerprint density at radius 3 is 1.59 bits per heavy atom. The summed E-state index contributed by atoms with van der Waals surface area (Å²) in [5.41, 5.74) is 3.94. The highest BCUT2D eigenvalue weighted by molar-refractivity contribution is 6.13. The molecular formula is C21H24O. The van der Waals surface area contributed by atoms with Crippen molar-refractivity contribution in [1.82, 2.24) is 0 Å². The molecule has 0 radical (unpaired) electrons. The topological polar surface area (TPSA) is 17.1 Å². The van der Waals surface area contributed by atoms with Gasteiger partial charge in [0.15, 0.2) is 5.78 Å². The Morgan fingerprint density at radius 2 is 1.23 bits per heavy atom. The third-order valence-corrected chi connectivity index (χ3v) is 5.24. The van der Waals surface area contributed by atoms with Crippen LogP contribution in [0.4, 0.5) is 0 Å². The van der Waals surface area contributed by atoms with Gasteiger partial charge in [0, 0.05) is 16.5 Å². The maximum Gasteiger partial charge on any atom is 0.193 e. The molecule has 0 atom stereocenters. The molecule has 0 spiro atoms. The predicted octanol–water partition coefficient (Wildman–Crippen LogP) is 5.22. The smallest absolute Gasteiger partial charge is 0.193 e. The fourth-order valence-corrected chi connectivity index (χ4v) is 4.64. The van der Waals surface area contributed by atoms with E-state index in [1.165, 1.54) is 11.1 Å². The van der Waals surface area contributed by atoms with Crippen LogP contribution in [0, 0.1) is 11.3 Å². The monoisotopic (exact) mass is 292 g/mol. The summed E-state index contributed by atoms with van der Waals surface area (Å²) in [6, 6.07) is 16.3. The SMILES string of the molecule is CC(C)C1(C(C)(C)C)c2ccccc2C(=O)c2ccccc21. The van der Waals surface area contributed by atoms with E-state index >= 15 is 0 Å². The van der Waals surface area contributed by atoms with Crippen LogP contribution in [0.1, 0.15) is 61.7 Å². The third kappa shape index (κ3) is 1.75. The van der Waals surface area contributed by atoms with Crippen molar-refractivity contribution in [2.75, 3.05) is 0 Å². The molecule has 3 rings (SSSR count). The molecule has 1 aliphatic rings. The Bertz CT molecular complexity index is 682. The molecule has 0 saturated carbocycles. The van der Waals surface area contributed by atoms with Gasteiger partial charge in [0.2, 0.25) is 0 Å². The Kier molecular flexibility index (Phi) is 3.28. The second kappa shape index (κ2) is 4.81. The quantitative estimate of drug-likeness (QED) is 0.704. The van der Waals surface area contributed by atoms with E-state index < -0.39 is 0 Å². The second-order valence-electron chi connectivity index (χ2n) is 7.63. The second-order valence-corrected chi connectivity index (χ2v) is 7.63. The molecule has 1 nitrogen and oxygen atoms in total.